The molecule has 0 aliphatic rings. The van der Waals surface area contributed by atoms with Crippen molar-refractivity contribution < 1.29 is 24.9 Å². The fourth-order valence-corrected chi connectivity index (χ4v) is 2.41. The molecule has 5 nitrogen and oxygen atoms in total. The van der Waals surface area contributed by atoms with Crippen molar-refractivity contribution >= 4 is 11.9 Å². The number of rotatable bonds is 7. The number of aliphatic hydroxyl groups is 1. The van der Waals surface area contributed by atoms with Crippen molar-refractivity contribution in [2.45, 2.75) is 45.6 Å². The van der Waals surface area contributed by atoms with Crippen LogP contribution in [0.3, 0.4) is 0 Å². The topological polar surface area (TPSA) is 94.8 Å². The van der Waals surface area contributed by atoms with Gasteiger partial charge < -0.3 is 15.3 Å². The van der Waals surface area contributed by atoms with Gasteiger partial charge in [0.1, 0.15) is 0 Å². The van der Waals surface area contributed by atoms with Crippen molar-refractivity contribution in [2.75, 3.05) is 0 Å². The van der Waals surface area contributed by atoms with Crippen LogP contribution >= 0.6 is 0 Å². The molecule has 1 atom stereocenters. The second-order valence-electron chi connectivity index (χ2n) is 6.13. The van der Waals surface area contributed by atoms with Crippen LogP contribution in [0.5, 0.6) is 0 Å². The van der Waals surface area contributed by atoms with Crippen molar-refractivity contribution in [3.63, 3.8) is 0 Å². The Morgan fingerprint density at radius 3 is 2.19 bits per heavy atom. The van der Waals surface area contributed by atoms with E-state index in [2.05, 4.69) is 19.1 Å². The molecule has 0 heterocycles. The highest BCUT2D eigenvalue weighted by molar-refractivity contribution is 5.94. The fourth-order valence-electron chi connectivity index (χ4n) is 2.41. The van der Waals surface area contributed by atoms with Gasteiger partial charge in [-0.25, -0.2) is 9.59 Å². The molecule has 0 aliphatic carbocycles. The number of aryl methyl sites for hydroxylation is 1. The molecule has 0 radical (unpaired) electrons. The van der Waals surface area contributed by atoms with Crippen LogP contribution in [0.25, 0.3) is 0 Å². The summed E-state index contributed by atoms with van der Waals surface area (Å²) in [7, 11) is 0. The summed E-state index contributed by atoms with van der Waals surface area (Å²) in [6.07, 6.45) is 3.83. The molecule has 140 valence electrons. The summed E-state index contributed by atoms with van der Waals surface area (Å²) >= 11 is 0. The smallest absolute Gasteiger partial charge is 0.335 e. The molecule has 0 bridgehead atoms. The van der Waals surface area contributed by atoms with Gasteiger partial charge in [-0.15, -0.1) is 0 Å². The minimum absolute atomic E-state index is 0.0111. The predicted octanol–water partition coefficient (Wildman–Crippen LogP) is 4.17. The molecule has 0 saturated carbocycles. The van der Waals surface area contributed by atoms with Crippen LogP contribution in [0.1, 0.15) is 58.0 Å². The Labute approximate surface area is 153 Å². The SMILES string of the molecule is CCCCC(O)Cc1ccccc1.Cc1ccc(C(=O)O)cc1C(=O)O. The molecule has 0 aliphatic heterocycles. The van der Waals surface area contributed by atoms with E-state index < -0.39 is 11.9 Å². The van der Waals surface area contributed by atoms with Crippen molar-refractivity contribution in [3.8, 4) is 0 Å². The highest BCUT2D eigenvalue weighted by atomic mass is 16.4. The van der Waals surface area contributed by atoms with Gasteiger partial charge in [0.05, 0.1) is 17.2 Å². The maximum atomic E-state index is 10.6. The molecule has 2 aromatic carbocycles. The summed E-state index contributed by atoms with van der Waals surface area (Å²) in [5.74, 6) is -2.23. The van der Waals surface area contributed by atoms with Gasteiger partial charge in [0, 0.05) is 0 Å². The molecule has 0 aromatic heterocycles. The number of aliphatic hydroxyl groups excluding tert-OH is 1. The molecule has 3 N–H and O–H groups in total. The molecule has 0 fully saturated rings. The Hall–Kier alpha value is -2.66. The van der Waals surface area contributed by atoms with Gasteiger partial charge in [-0.3, -0.25) is 0 Å². The summed E-state index contributed by atoms with van der Waals surface area (Å²) in [5.41, 5.74) is 1.80. The molecule has 26 heavy (non-hydrogen) atoms. The zero-order valence-electron chi connectivity index (χ0n) is 15.2. The van der Waals surface area contributed by atoms with Crippen LogP contribution in [0, 0.1) is 6.92 Å². The number of unbranched alkanes of at least 4 members (excludes halogenated alkanes) is 1. The molecule has 1 unspecified atom stereocenters. The summed E-state index contributed by atoms with van der Waals surface area (Å²) in [6.45, 7) is 3.77. The number of aromatic carboxylic acids is 2. The van der Waals surface area contributed by atoms with Gasteiger partial charge in [0.25, 0.3) is 0 Å². The first-order valence-electron chi connectivity index (χ1n) is 8.64. The minimum Gasteiger partial charge on any atom is -0.478 e. The first-order chi connectivity index (χ1) is 12.3. The largest absolute Gasteiger partial charge is 0.478 e. The Morgan fingerprint density at radius 2 is 1.65 bits per heavy atom. The lowest BCUT2D eigenvalue weighted by molar-refractivity contribution is 0.0695. The van der Waals surface area contributed by atoms with E-state index in [1.165, 1.54) is 17.7 Å². The van der Waals surface area contributed by atoms with E-state index >= 15 is 0 Å². The summed E-state index contributed by atoms with van der Waals surface area (Å²) < 4.78 is 0. The molecule has 2 aromatic rings. The summed E-state index contributed by atoms with van der Waals surface area (Å²) in [6, 6.07) is 14.2. The van der Waals surface area contributed by atoms with E-state index in [-0.39, 0.29) is 17.2 Å². The zero-order valence-corrected chi connectivity index (χ0v) is 15.2. The Morgan fingerprint density at radius 1 is 1.00 bits per heavy atom. The van der Waals surface area contributed by atoms with E-state index in [0.29, 0.717) is 5.56 Å². The van der Waals surface area contributed by atoms with Crippen molar-refractivity contribution in [2.24, 2.45) is 0 Å². The maximum Gasteiger partial charge on any atom is 0.335 e. The molecule has 5 heteroatoms. The highest BCUT2D eigenvalue weighted by Crippen LogP contribution is 2.11. The number of benzene rings is 2. The second kappa shape index (κ2) is 11.1. The first kappa shape index (κ1) is 21.4. The van der Waals surface area contributed by atoms with Crippen LogP contribution in [-0.4, -0.2) is 33.4 Å². The number of carboxylic acids is 2. The van der Waals surface area contributed by atoms with Crippen LogP contribution in [0.4, 0.5) is 0 Å². The summed E-state index contributed by atoms with van der Waals surface area (Å²) in [5, 5.41) is 26.9. The van der Waals surface area contributed by atoms with Gasteiger partial charge in [0.2, 0.25) is 0 Å². The zero-order chi connectivity index (χ0) is 19.5. The number of carboxylic acid groups (broad SMARTS) is 2. The summed E-state index contributed by atoms with van der Waals surface area (Å²) in [4.78, 5) is 21.1. The van der Waals surface area contributed by atoms with Crippen LogP contribution in [0.15, 0.2) is 48.5 Å². The first-order valence-corrected chi connectivity index (χ1v) is 8.64. The van der Waals surface area contributed by atoms with E-state index in [9.17, 15) is 14.7 Å². The average molecular weight is 358 g/mol. The minimum atomic E-state index is -1.12. The molecular formula is C21H26O5. The van der Waals surface area contributed by atoms with Gasteiger partial charge in [0.15, 0.2) is 0 Å². The lowest BCUT2D eigenvalue weighted by Gasteiger charge is -2.09. The second-order valence-corrected chi connectivity index (χ2v) is 6.13. The Bertz CT molecular complexity index is 710. The van der Waals surface area contributed by atoms with E-state index in [1.54, 1.807) is 6.92 Å². The van der Waals surface area contributed by atoms with E-state index in [1.807, 2.05) is 18.2 Å². The molecule has 0 saturated heterocycles. The third kappa shape index (κ3) is 7.49. The molecule has 0 spiro atoms. The van der Waals surface area contributed by atoms with Gasteiger partial charge in [-0.05, 0) is 43.0 Å². The Balaban J connectivity index is 0.000000260. The Kier molecular flexibility index (Phi) is 9.09. The van der Waals surface area contributed by atoms with Crippen LogP contribution in [0.2, 0.25) is 0 Å². The third-order valence-electron chi connectivity index (χ3n) is 3.92. The third-order valence-corrected chi connectivity index (χ3v) is 3.92. The lowest BCUT2D eigenvalue weighted by atomic mass is 10.0. The number of carbonyl (C=O) groups is 2. The maximum absolute atomic E-state index is 10.6. The normalized spacial score (nSPS) is 11.2. The van der Waals surface area contributed by atoms with Crippen LogP contribution in [-0.2, 0) is 6.42 Å². The molecule has 2 rings (SSSR count). The van der Waals surface area contributed by atoms with Gasteiger partial charge >= 0.3 is 11.9 Å². The van der Waals surface area contributed by atoms with Crippen molar-refractivity contribution in [3.05, 3.63) is 70.8 Å². The van der Waals surface area contributed by atoms with Gasteiger partial charge in [-0.1, -0.05) is 56.2 Å². The van der Waals surface area contributed by atoms with Gasteiger partial charge in [-0.2, -0.15) is 0 Å². The standard InChI is InChI=1S/C12H18O.C9H8O4/c1-2-3-9-12(13)10-11-7-5-4-6-8-11;1-5-2-3-6(8(10)11)4-7(5)9(12)13/h4-8,12-13H,2-3,9-10H2,1H3;2-4H,1H3,(H,10,11)(H,12,13). The van der Waals surface area contributed by atoms with Crippen LogP contribution < -0.4 is 0 Å². The predicted molar refractivity (Wildman–Crippen MR) is 101 cm³/mol. The lowest BCUT2D eigenvalue weighted by Crippen LogP contribution is -2.09. The number of hydrogen-bond donors (Lipinski definition) is 3. The molecular weight excluding hydrogens is 332 g/mol. The monoisotopic (exact) mass is 358 g/mol. The molecule has 0 amide bonds. The van der Waals surface area contributed by atoms with E-state index in [0.717, 1.165) is 31.7 Å². The van der Waals surface area contributed by atoms with E-state index in [4.69, 9.17) is 10.2 Å². The van der Waals surface area contributed by atoms with Crippen molar-refractivity contribution in [1.29, 1.82) is 0 Å². The van der Waals surface area contributed by atoms with Crippen molar-refractivity contribution in [1.82, 2.24) is 0 Å². The quantitative estimate of drug-likeness (QED) is 0.690. The highest BCUT2D eigenvalue weighted by Gasteiger charge is 2.10. The number of hydrogen-bond acceptors (Lipinski definition) is 3. The average Bonchev–Trinajstić information content (AvgIpc) is 2.61. The fraction of sp³-hybridized carbons (Fsp3) is 0.333.